The van der Waals surface area contributed by atoms with Gasteiger partial charge in [-0.2, -0.15) is 0 Å². The summed E-state index contributed by atoms with van der Waals surface area (Å²) in [6.07, 6.45) is 1.61. The van der Waals surface area contributed by atoms with E-state index in [1.54, 1.807) is 0 Å². The highest BCUT2D eigenvalue weighted by molar-refractivity contribution is 6.30. The fourth-order valence-electron chi connectivity index (χ4n) is 2.36. The smallest absolute Gasteiger partial charge is 0.166 e. The molecular weight excluding hydrogens is 268 g/mol. The normalized spacial score (nSPS) is 12.2. The van der Waals surface area contributed by atoms with Crippen molar-refractivity contribution in [1.82, 2.24) is 0 Å². The molecule has 0 amide bonds. The largest absolute Gasteiger partial charge is 0.294 e. The van der Waals surface area contributed by atoms with Crippen LogP contribution in [0.15, 0.2) is 48.5 Å². The van der Waals surface area contributed by atoms with Crippen LogP contribution in [0.4, 0.5) is 0 Å². The van der Waals surface area contributed by atoms with Crippen molar-refractivity contribution in [3.8, 4) is 0 Å². The zero-order chi connectivity index (χ0) is 14.5. The maximum Gasteiger partial charge on any atom is 0.166 e. The van der Waals surface area contributed by atoms with Crippen LogP contribution in [0.1, 0.15) is 34.8 Å². The van der Waals surface area contributed by atoms with Crippen LogP contribution in [-0.2, 0) is 6.42 Å². The second-order valence-corrected chi connectivity index (χ2v) is 5.61. The maximum atomic E-state index is 12.6. The minimum atomic E-state index is 0.0259. The van der Waals surface area contributed by atoms with E-state index in [9.17, 15) is 4.79 Å². The summed E-state index contributed by atoms with van der Waals surface area (Å²) in [5.41, 5.74) is 3.09. The lowest BCUT2D eigenvalue weighted by molar-refractivity contribution is 0.0916. The SMILES string of the molecule is CCC(Cc1ccc(Cl)cc1)C(=O)c1cccc(C)c1. The average molecular weight is 287 g/mol. The highest BCUT2D eigenvalue weighted by Gasteiger charge is 2.18. The van der Waals surface area contributed by atoms with Crippen LogP contribution >= 0.6 is 11.6 Å². The Morgan fingerprint density at radius 1 is 1.15 bits per heavy atom. The molecule has 0 heterocycles. The average Bonchev–Trinajstić information content (AvgIpc) is 2.46. The van der Waals surface area contributed by atoms with Crippen molar-refractivity contribution in [3.63, 3.8) is 0 Å². The van der Waals surface area contributed by atoms with Crippen LogP contribution in [0.25, 0.3) is 0 Å². The van der Waals surface area contributed by atoms with Crippen molar-refractivity contribution in [2.45, 2.75) is 26.7 Å². The fraction of sp³-hybridized carbons (Fsp3) is 0.278. The van der Waals surface area contributed by atoms with Gasteiger partial charge in [0.05, 0.1) is 0 Å². The first-order chi connectivity index (χ1) is 9.60. The third-order valence-corrected chi connectivity index (χ3v) is 3.81. The highest BCUT2D eigenvalue weighted by atomic mass is 35.5. The molecule has 2 heteroatoms. The van der Waals surface area contributed by atoms with E-state index in [1.807, 2.05) is 55.5 Å². The molecule has 1 unspecified atom stereocenters. The quantitative estimate of drug-likeness (QED) is 0.699. The maximum absolute atomic E-state index is 12.6. The van der Waals surface area contributed by atoms with Gasteiger partial charge in [0, 0.05) is 16.5 Å². The van der Waals surface area contributed by atoms with Crippen molar-refractivity contribution in [2.24, 2.45) is 5.92 Å². The molecule has 0 spiro atoms. The van der Waals surface area contributed by atoms with Gasteiger partial charge in [-0.25, -0.2) is 0 Å². The lowest BCUT2D eigenvalue weighted by Crippen LogP contribution is -2.16. The van der Waals surface area contributed by atoms with E-state index >= 15 is 0 Å². The van der Waals surface area contributed by atoms with E-state index < -0.39 is 0 Å². The van der Waals surface area contributed by atoms with Crippen LogP contribution in [-0.4, -0.2) is 5.78 Å². The molecular formula is C18H19ClO. The number of carbonyl (C=O) groups is 1. The molecule has 0 aliphatic heterocycles. The number of hydrogen-bond donors (Lipinski definition) is 0. The van der Waals surface area contributed by atoms with Crippen molar-refractivity contribution in [3.05, 3.63) is 70.2 Å². The number of rotatable bonds is 5. The molecule has 0 aliphatic rings. The first-order valence-electron chi connectivity index (χ1n) is 6.95. The standard InChI is InChI=1S/C18H19ClO/c1-3-15(12-14-7-9-17(19)10-8-14)18(20)16-6-4-5-13(2)11-16/h4-11,15H,3,12H2,1-2H3. The molecule has 104 valence electrons. The molecule has 0 aromatic heterocycles. The van der Waals surface area contributed by atoms with Crippen molar-refractivity contribution < 1.29 is 4.79 Å². The lowest BCUT2D eigenvalue weighted by atomic mass is 9.89. The van der Waals surface area contributed by atoms with Crippen LogP contribution in [0.5, 0.6) is 0 Å². The van der Waals surface area contributed by atoms with Gasteiger partial charge in [-0.3, -0.25) is 4.79 Å². The third-order valence-electron chi connectivity index (χ3n) is 3.56. The lowest BCUT2D eigenvalue weighted by Gasteiger charge is -2.14. The highest BCUT2D eigenvalue weighted by Crippen LogP contribution is 2.20. The summed E-state index contributed by atoms with van der Waals surface area (Å²) in [6, 6.07) is 15.6. The number of carbonyl (C=O) groups excluding carboxylic acids is 1. The van der Waals surface area contributed by atoms with Gasteiger partial charge in [0.15, 0.2) is 5.78 Å². The number of benzene rings is 2. The van der Waals surface area contributed by atoms with E-state index in [4.69, 9.17) is 11.6 Å². The minimum Gasteiger partial charge on any atom is -0.294 e. The molecule has 1 nitrogen and oxygen atoms in total. The molecule has 0 saturated carbocycles. The summed E-state index contributed by atoms with van der Waals surface area (Å²) in [7, 11) is 0. The van der Waals surface area contributed by atoms with Gasteiger partial charge in [0.1, 0.15) is 0 Å². The second-order valence-electron chi connectivity index (χ2n) is 5.17. The van der Waals surface area contributed by atoms with Gasteiger partial charge in [-0.1, -0.05) is 54.4 Å². The molecule has 0 fully saturated rings. The van der Waals surface area contributed by atoms with E-state index in [2.05, 4.69) is 6.92 Å². The monoisotopic (exact) mass is 286 g/mol. The number of ketones is 1. The van der Waals surface area contributed by atoms with Gasteiger partial charge < -0.3 is 0 Å². The fourth-order valence-corrected chi connectivity index (χ4v) is 2.49. The number of aryl methyl sites for hydroxylation is 1. The van der Waals surface area contributed by atoms with Crippen molar-refractivity contribution >= 4 is 17.4 Å². The van der Waals surface area contributed by atoms with Gasteiger partial charge >= 0.3 is 0 Å². The molecule has 2 rings (SSSR count). The molecule has 0 radical (unpaired) electrons. The van der Waals surface area contributed by atoms with Crippen molar-refractivity contribution in [1.29, 1.82) is 0 Å². The summed E-state index contributed by atoms with van der Waals surface area (Å²) in [5, 5.41) is 0.729. The Morgan fingerprint density at radius 3 is 2.45 bits per heavy atom. The van der Waals surface area contributed by atoms with E-state index in [0.717, 1.165) is 34.6 Å². The summed E-state index contributed by atoms with van der Waals surface area (Å²) < 4.78 is 0. The van der Waals surface area contributed by atoms with Gasteiger partial charge in [-0.05, 0) is 43.5 Å². The molecule has 2 aromatic carbocycles. The van der Waals surface area contributed by atoms with Crippen LogP contribution in [0.3, 0.4) is 0 Å². The van der Waals surface area contributed by atoms with E-state index in [1.165, 1.54) is 0 Å². The predicted octanol–water partition coefficient (Wildman–Crippen LogP) is 5.10. The number of Topliss-reactive ketones (excluding diaryl/α,β-unsaturated/α-hetero) is 1. The summed E-state index contributed by atoms with van der Waals surface area (Å²) in [4.78, 5) is 12.6. The topological polar surface area (TPSA) is 17.1 Å². The van der Waals surface area contributed by atoms with Crippen LogP contribution in [0, 0.1) is 12.8 Å². The van der Waals surface area contributed by atoms with E-state index in [0.29, 0.717) is 0 Å². The minimum absolute atomic E-state index is 0.0259. The van der Waals surface area contributed by atoms with Gasteiger partial charge in [0.2, 0.25) is 0 Å². The molecule has 0 saturated heterocycles. The Morgan fingerprint density at radius 2 is 1.85 bits per heavy atom. The zero-order valence-corrected chi connectivity index (χ0v) is 12.7. The molecule has 1 atom stereocenters. The Labute approximate surface area is 125 Å². The summed E-state index contributed by atoms with van der Waals surface area (Å²) >= 11 is 5.89. The van der Waals surface area contributed by atoms with Gasteiger partial charge in [-0.15, -0.1) is 0 Å². The van der Waals surface area contributed by atoms with Gasteiger partial charge in [0.25, 0.3) is 0 Å². The summed E-state index contributed by atoms with van der Waals surface area (Å²) in [5.74, 6) is 0.254. The Hall–Kier alpha value is -1.60. The molecule has 0 bridgehead atoms. The molecule has 20 heavy (non-hydrogen) atoms. The second kappa shape index (κ2) is 6.71. The van der Waals surface area contributed by atoms with Crippen molar-refractivity contribution in [2.75, 3.05) is 0 Å². The first kappa shape index (κ1) is 14.8. The van der Waals surface area contributed by atoms with Crippen LogP contribution in [0.2, 0.25) is 5.02 Å². The Kier molecular flexibility index (Phi) is 4.97. The molecule has 0 N–H and O–H groups in total. The summed E-state index contributed by atoms with van der Waals surface area (Å²) in [6.45, 7) is 4.07. The first-order valence-corrected chi connectivity index (χ1v) is 7.33. The third kappa shape index (κ3) is 3.71. The number of hydrogen-bond acceptors (Lipinski definition) is 1. The Bertz CT molecular complexity index is 587. The van der Waals surface area contributed by atoms with E-state index in [-0.39, 0.29) is 11.7 Å². The Balaban J connectivity index is 2.15. The number of halogens is 1. The molecule has 0 aliphatic carbocycles. The van der Waals surface area contributed by atoms with Crippen LogP contribution < -0.4 is 0 Å². The zero-order valence-electron chi connectivity index (χ0n) is 11.9. The molecule has 2 aromatic rings. The predicted molar refractivity (Wildman–Crippen MR) is 84.4 cm³/mol.